The highest BCUT2D eigenvalue weighted by Gasteiger charge is 2.15. The van der Waals surface area contributed by atoms with Crippen LogP contribution in [-0.2, 0) is 6.42 Å². The summed E-state index contributed by atoms with van der Waals surface area (Å²) in [7, 11) is 0. The third-order valence-electron chi connectivity index (χ3n) is 3.18. The van der Waals surface area contributed by atoms with Crippen LogP contribution in [0.1, 0.15) is 30.9 Å². The minimum absolute atomic E-state index is 0.507. The van der Waals surface area contributed by atoms with E-state index in [4.69, 9.17) is 0 Å². The van der Waals surface area contributed by atoms with E-state index in [1.54, 1.807) is 11.3 Å². The van der Waals surface area contributed by atoms with E-state index in [2.05, 4.69) is 76.2 Å². The molecule has 0 radical (unpaired) electrons. The van der Waals surface area contributed by atoms with Crippen LogP contribution < -0.4 is 5.32 Å². The van der Waals surface area contributed by atoms with Crippen molar-refractivity contribution in [1.82, 2.24) is 5.32 Å². The van der Waals surface area contributed by atoms with Crippen molar-refractivity contribution in [1.29, 1.82) is 0 Å². The van der Waals surface area contributed by atoms with Gasteiger partial charge in [0.15, 0.2) is 0 Å². The maximum atomic E-state index is 3.68. The van der Waals surface area contributed by atoms with Crippen molar-refractivity contribution in [3.05, 3.63) is 56.7 Å². The molecule has 1 heterocycles. The van der Waals surface area contributed by atoms with Crippen molar-refractivity contribution in [3.63, 3.8) is 0 Å². The molecule has 1 unspecified atom stereocenters. The van der Waals surface area contributed by atoms with Gasteiger partial charge in [-0.3, -0.25) is 0 Å². The molecule has 0 aliphatic rings. The van der Waals surface area contributed by atoms with Gasteiger partial charge in [0, 0.05) is 23.0 Å². The maximum absolute atomic E-state index is 3.68. The van der Waals surface area contributed by atoms with Gasteiger partial charge in [-0.05, 0) is 40.4 Å². The first-order chi connectivity index (χ1) is 9.16. The van der Waals surface area contributed by atoms with Crippen LogP contribution in [0.4, 0.5) is 0 Å². The largest absolute Gasteiger partial charge is 0.314 e. The van der Waals surface area contributed by atoms with Crippen LogP contribution in [-0.4, -0.2) is 12.6 Å². The lowest BCUT2D eigenvalue weighted by Crippen LogP contribution is -2.29. The average Bonchev–Trinajstić information content (AvgIpc) is 2.88. The molecule has 2 rings (SSSR count). The number of nitrogens with one attached hydrogen (secondary N) is 1. The average molecular weight is 338 g/mol. The molecule has 1 N–H and O–H groups in total. The third-order valence-corrected chi connectivity index (χ3v) is 4.63. The van der Waals surface area contributed by atoms with Gasteiger partial charge in [-0.25, -0.2) is 0 Å². The molecule has 0 bridgehead atoms. The van der Waals surface area contributed by atoms with Crippen molar-refractivity contribution in [2.24, 2.45) is 0 Å². The molecule has 102 valence electrons. The highest BCUT2D eigenvalue weighted by atomic mass is 79.9. The molecule has 0 spiro atoms. The van der Waals surface area contributed by atoms with Gasteiger partial charge >= 0.3 is 0 Å². The molecule has 0 saturated carbocycles. The van der Waals surface area contributed by atoms with Crippen LogP contribution in [0.5, 0.6) is 0 Å². The summed E-state index contributed by atoms with van der Waals surface area (Å²) < 4.78 is 1.21. The Labute approximate surface area is 128 Å². The zero-order valence-electron chi connectivity index (χ0n) is 11.4. The second-order valence-corrected chi connectivity index (χ2v) is 6.75. The fourth-order valence-corrected chi connectivity index (χ4v) is 3.46. The summed E-state index contributed by atoms with van der Waals surface area (Å²) in [6.45, 7) is 5.40. The Morgan fingerprint density at radius 3 is 2.63 bits per heavy atom. The number of benzene rings is 1. The summed E-state index contributed by atoms with van der Waals surface area (Å²) in [6, 6.07) is 11.3. The molecule has 0 saturated heterocycles. The lowest BCUT2D eigenvalue weighted by Gasteiger charge is -2.20. The molecule has 1 nitrogen and oxygen atoms in total. The highest BCUT2D eigenvalue weighted by molar-refractivity contribution is 9.10. The SMILES string of the molecule is CC(C)NCC(Cc1ccsc1)c1ccccc1Br. The van der Waals surface area contributed by atoms with E-state index in [-0.39, 0.29) is 0 Å². The van der Waals surface area contributed by atoms with E-state index in [0.29, 0.717) is 12.0 Å². The zero-order chi connectivity index (χ0) is 13.7. The summed E-state index contributed by atoms with van der Waals surface area (Å²) in [4.78, 5) is 0. The topological polar surface area (TPSA) is 12.0 Å². The second-order valence-electron chi connectivity index (χ2n) is 5.12. The number of halogens is 1. The summed E-state index contributed by atoms with van der Waals surface area (Å²) in [5.41, 5.74) is 2.82. The van der Waals surface area contributed by atoms with Crippen LogP contribution >= 0.6 is 27.3 Å². The number of hydrogen-bond acceptors (Lipinski definition) is 2. The lowest BCUT2D eigenvalue weighted by molar-refractivity contribution is 0.526. The monoisotopic (exact) mass is 337 g/mol. The van der Waals surface area contributed by atoms with Crippen molar-refractivity contribution in [2.75, 3.05) is 6.54 Å². The van der Waals surface area contributed by atoms with Crippen LogP contribution in [0.2, 0.25) is 0 Å². The highest BCUT2D eigenvalue weighted by Crippen LogP contribution is 2.28. The fourth-order valence-electron chi connectivity index (χ4n) is 2.17. The van der Waals surface area contributed by atoms with Crippen LogP contribution in [0.3, 0.4) is 0 Å². The second kappa shape index (κ2) is 7.22. The minimum atomic E-state index is 0.507. The Bertz CT molecular complexity index is 493. The molecule has 3 heteroatoms. The third kappa shape index (κ3) is 4.44. The van der Waals surface area contributed by atoms with E-state index in [1.165, 1.54) is 15.6 Å². The van der Waals surface area contributed by atoms with Crippen molar-refractivity contribution in [2.45, 2.75) is 32.2 Å². The van der Waals surface area contributed by atoms with Crippen molar-refractivity contribution in [3.8, 4) is 0 Å². The first kappa shape index (κ1) is 14.8. The molecule has 19 heavy (non-hydrogen) atoms. The minimum Gasteiger partial charge on any atom is -0.314 e. The summed E-state index contributed by atoms with van der Waals surface area (Å²) in [5.74, 6) is 0.507. The van der Waals surface area contributed by atoms with Crippen LogP contribution in [0, 0.1) is 0 Å². The van der Waals surface area contributed by atoms with E-state index in [0.717, 1.165) is 13.0 Å². The predicted molar refractivity (Wildman–Crippen MR) is 88.0 cm³/mol. The standard InChI is InChI=1S/C16H20BrNS/c1-12(2)18-10-14(9-13-7-8-19-11-13)15-5-3-4-6-16(15)17/h3-8,11-12,14,18H,9-10H2,1-2H3. The van der Waals surface area contributed by atoms with Gasteiger partial charge in [-0.2, -0.15) is 11.3 Å². The van der Waals surface area contributed by atoms with Crippen molar-refractivity contribution >= 4 is 27.3 Å². The van der Waals surface area contributed by atoms with Gasteiger partial charge < -0.3 is 5.32 Å². The number of thiophene rings is 1. The van der Waals surface area contributed by atoms with Gasteiger partial charge in [0.1, 0.15) is 0 Å². The van der Waals surface area contributed by atoms with E-state index in [9.17, 15) is 0 Å². The molecule has 0 aliphatic carbocycles. The van der Waals surface area contributed by atoms with Crippen LogP contribution in [0.25, 0.3) is 0 Å². The summed E-state index contributed by atoms with van der Waals surface area (Å²) >= 11 is 5.46. The molecule has 2 aromatic rings. The number of hydrogen-bond donors (Lipinski definition) is 1. The van der Waals surface area contributed by atoms with Gasteiger partial charge in [-0.1, -0.05) is 48.0 Å². The quantitative estimate of drug-likeness (QED) is 0.795. The van der Waals surface area contributed by atoms with Gasteiger partial charge in [0.2, 0.25) is 0 Å². The molecule has 0 aliphatic heterocycles. The Kier molecular flexibility index (Phi) is 5.61. The summed E-state index contributed by atoms with van der Waals surface area (Å²) in [6.07, 6.45) is 1.09. The molecule has 1 aromatic carbocycles. The Morgan fingerprint density at radius 1 is 1.21 bits per heavy atom. The van der Waals surface area contributed by atoms with Gasteiger partial charge in [0.05, 0.1) is 0 Å². The van der Waals surface area contributed by atoms with Gasteiger partial charge in [0.25, 0.3) is 0 Å². The number of rotatable bonds is 6. The normalized spacial score (nSPS) is 12.8. The van der Waals surface area contributed by atoms with E-state index in [1.807, 2.05) is 0 Å². The zero-order valence-corrected chi connectivity index (χ0v) is 13.8. The lowest BCUT2D eigenvalue weighted by atomic mass is 9.93. The van der Waals surface area contributed by atoms with Crippen LogP contribution in [0.15, 0.2) is 45.6 Å². The fraction of sp³-hybridized carbons (Fsp3) is 0.375. The summed E-state index contributed by atoms with van der Waals surface area (Å²) in [5, 5.41) is 7.97. The predicted octanol–water partition coefficient (Wildman–Crippen LogP) is 4.83. The maximum Gasteiger partial charge on any atom is 0.0210 e. The molecule has 1 aromatic heterocycles. The molecule has 0 fully saturated rings. The molecular formula is C16H20BrNS. The Hall–Kier alpha value is -0.640. The Balaban J connectivity index is 2.16. The Morgan fingerprint density at radius 2 is 2.00 bits per heavy atom. The van der Waals surface area contributed by atoms with E-state index >= 15 is 0 Å². The van der Waals surface area contributed by atoms with E-state index < -0.39 is 0 Å². The molecular weight excluding hydrogens is 318 g/mol. The molecule has 1 atom stereocenters. The van der Waals surface area contributed by atoms with Crippen molar-refractivity contribution < 1.29 is 0 Å². The first-order valence-electron chi connectivity index (χ1n) is 6.65. The van der Waals surface area contributed by atoms with Gasteiger partial charge in [-0.15, -0.1) is 0 Å². The smallest absolute Gasteiger partial charge is 0.0210 e. The first-order valence-corrected chi connectivity index (χ1v) is 8.39. The molecule has 0 amide bonds.